The van der Waals surface area contributed by atoms with Crippen LogP contribution in [0.4, 0.5) is 0 Å². The van der Waals surface area contributed by atoms with Gasteiger partial charge in [0.05, 0.1) is 7.11 Å². The topological polar surface area (TPSA) is 63.6 Å². The molecule has 124 valence electrons. The number of rotatable bonds is 2. The highest BCUT2D eigenvalue weighted by molar-refractivity contribution is 7.80. The van der Waals surface area contributed by atoms with Crippen molar-refractivity contribution in [1.29, 1.82) is 0 Å². The fraction of sp³-hybridized carbons (Fsp3) is 0.562. The summed E-state index contributed by atoms with van der Waals surface area (Å²) < 4.78 is 6.61. The van der Waals surface area contributed by atoms with Gasteiger partial charge in [-0.25, -0.2) is 4.79 Å². The molecule has 2 aliphatic heterocycles. The van der Waals surface area contributed by atoms with E-state index in [1.807, 2.05) is 16.7 Å². The van der Waals surface area contributed by atoms with Crippen molar-refractivity contribution < 1.29 is 9.53 Å². The van der Waals surface area contributed by atoms with Gasteiger partial charge in [-0.05, 0) is 37.5 Å². The van der Waals surface area contributed by atoms with Gasteiger partial charge in [-0.2, -0.15) is 0 Å². The lowest BCUT2D eigenvalue weighted by Gasteiger charge is -2.43. The molecule has 0 spiro atoms. The molecule has 2 aliphatic rings. The molecular weight excluding hydrogens is 314 g/mol. The van der Waals surface area contributed by atoms with Gasteiger partial charge in [0.1, 0.15) is 6.04 Å². The van der Waals surface area contributed by atoms with Crippen LogP contribution in [0.3, 0.4) is 0 Å². The van der Waals surface area contributed by atoms with Crippen molar-refractivity contribution in [2.24, 2.45) is 5.92 Å². The molecule has 3 heterocycles. The van der Waals surface area contributed by atoms with Crippen LogP contribution in [-0.2, 0) is 16.1 Å². The Balaban J connectivity index is 1.74. The van der Waals surface area contributed by atoms with Crippen LogP contribution < -0.4 is 10.9 Å². The molecule has 23 heavy (non-hydrogen) atoms. The van der Waals surface area contributed by atoms with E-state index in [1.54, 1.807) is 13.0 Å². The van der Waals surface area contributed by atoms with Gasteiger partial charge >= 0.3 is 5.97 Å². The maximum atomic E-state index is 12.0. The number of hydrogen-bond donors (Lipinski definition) is 1. The number of piperidine rings is 1. The Morgan fingerprint density at radius 3 is 2.91 bits per heavy atom. The summed E-state index contributed by atoms with van der Waals surface area (Å²) in [4.78, 5) is 25.7. The van der Waals surface area contributed by atoms with Crippen molar-refractivity contribution >= 4 is 23.3 Å². The maximum absolute atomic E-state index is 12.0. The van der Waals surface area contributed by atoms with Crippen LogP contribution in [0.1, 0.15) is 25.0 Å². The number of hydrogen-bond acceptors (Lipinski definition) is 4. The second-order valence-electron chi connectivity index (χ2n) is 6.30. The molecule has 1 saturated heterocycles. The van der Waals surface area contributed by atoms with Crippen LogP contribution in [0, 0.1) is 5.92 Å². The highest BCUT2D eigenvalue weighted by Gasteiger charge is 2.35. The number of likely N-dealkylation sites (tertiary alicyclic amines) is 1. The summed E-state index contributed by atoms with van der Waals surface area (Å²) in [6, 6.07) is 5.00. The number of ether oxygens (including phenoxy) is 1. The van der Waals surface area contributed by atoms with E-state index in [1.165, 1.54) is 7.11 Å². The van der Waals surface area contributed by atoms with Gasteiger partial charge in [0.2, 0.25) is 0 Å². The summed E-state index contributed by atoms with van der Waals surface area (Å²) in [5.74, 6) is 0.362. The lowest BCUT2D eigenvalue weighted by molar-refractivity contribution is -0.142. The summed E-state index contributed by atoms with van der Waals surface area (Å²) in [5, 5.41) is 3.61. The number of carbonyl (C=O) groups excluding carboxylic acids is 1. The lowest BCUT2D eigenvalue weighted by Crippen LogP contribution is -2.54. The van der Waals surface area contributed by atoms with Crippen LogP contribution in [0.15, 0.2) is 23.0 Å². The van der Waals surface area contributed by atoms with E-state index >= 15 is 0 Å². The second kappa shape index (κ2) is 6.31. The van der Waals surface area contributed by atoms with E-state index in [4.69, 9.17) is 17.0 Å². The van der Waals surface area contributed by atoms with E-state index in [9.17, 15) is 9.59 Å². The number of methoxy groups -OCH3 is 1. The number of aromatic nitrogens is 1. The van der Waals surface area contributed by atoms with Crippen LogP contribution in [0.2, 0.25) is 0 Å². The highest BCUT2D eigenvalue weighted by atomic mass is 32.1. The number of nitrogens with one attached hydrogen (secondary N) is 1. The van der Waals surface area contributed by atoms with Crippen molar-refractivity contribution in [3.05, 3.63) is 34.2 Å². The van der Waals surface area contributed by atoms with Crippen LogP contribution in [0.25, 0.3) is 0 Å². The zero-order chi connectivity index (χ0) is 16.6. The Labute approximate surface area is 140 Å². The second-order valence-corrected chi connectivity index (χ2v) is 6.68. The first kappa shape index (κ1) is 16.0. The predicted molar refractivity (Wildman–Crippen MR) is 90.3 cm³/mol. The third-order valence-corrected chi connectivity index (χ3v) is 5.04. The quantitative estimate of drug-likeness (QED) is 0.634. The molecule has 1 aromatic rings. The molecule has 0 unspecified atom stereocenters. The number of carbonyl (C=O) groups is 1. The normalized spacial score (nSPS) is 23.7. The van der Waals surface area contributed by atoms with Crippen molar-refractivity contribution in [3.63, 3.8) is 0 Å². The minimum absolute atomic E-state index is 0.0747. The van der Waals surface area contributed by atoms with E-state index in [2.05, 4.69) is 10.2 Å². The molecule has 1 fully saturated rings. The molecule has 0 amide bonds. The Morgan fingerprint density at radius 2 is 2.17 bits per heavy atom. The number of esters is 1. The lowest BCUT2D eigenvalue weighted by atomic mass is 9.83. The number of nitrogens with zero attached hydrogens (tertiary/aromatic N) is 2. The number of thiocarbonyl (C=S) groups is 1. The third-order valence-electron chi connectivity index (χ3n) is 4.66. The van der Waals surface area contributed by atoms with Gasteiger partial charge in [-0.1, -0.05) is 6.07 Å². The summed E-state index contributed by atoms with van der Waals surface area (Å²) in [7, 11) is 1.36. The average Bonchev–Trinajstić information content (AvgIpc) is 2.54. The first-order valence-electron chi connectivity index (χ1n) is 7.82. The summed E-state index contributed by atoms with van der Waals surface area (Å²) >= 11 is 5.46. The van der Waals surface area contributed by atoms with Crippen molar-refractivity contribution in [1.82, 2.24) is 14.8 Å². The summed E-state index contributed by atoms with van der Waals surface area (Å²) in [6.07, 6.45) is 1.08. The van der Waals surface area contributed by atoms with Crippen LogP contribution in [0.5, 0.6) is 0 Å². The Kier molecular flexibility index (Phi) is 4.39. The molecule has 3 rings (SSSR count). The van der Waals surface area contributed by atoms with Gasteiger partial charge in [0, 0.05) is 37.3 Å². The molecule has 0 aromatic carbocycles. The monoisotopic (exact) mass is 335 g/mol. The molecule has 1 aromatic heterocycles. The molecule has 0 radical (unpaired) electrons. The van der Waals surface area contributed by atoms with Gasteiger partial charge in [0.15, 0.2) is 5.11 Å². The van der Waals surface area contributed by atoms with Crippen molar-refractivity contribution in [3.8, 4) is 0 Å². The molecule has 0 aliphatic carbocycles. The zero-order valence-corrected chi connectivity index (χ0v) is 14.1. The standard InChI is InChI=1S/C16H21N3O3S/c1-10(15(21)22-2)17-16(23)18-7-11-6-12(9-18)13-4-3-5-14(20)19(13)8-11/h3-5,10-12H,6-9H2,1-2H3,(H,17,23)/t10-,11+,12+/m0/s1. The number of pyridine rings is 1. The fourth-order valence-corrected chi connectivity index (χ4v) is 3.90. The van der Waals surface area contributed by atoms with Gasteiger partial charge in [0.25, 0.3) is 5.56 Å². The summed E-state index contributed by atoms with van der Waals surface area (Å²) in [6.45, 7) is 4.03. The largest absolute Gasteiger partial charge is 0.467 e. The van der Waals surface area contributed by atoms with E-state index in [-0.39, 0.29) is 11.5 Å². The molecule has 7 heteroatoms. The molecule has 2 bridgehead atoms. The number of fused-ring (bicyclic) bond motifs is 4. The van der Waals surface area contributed by atoms with Crippen molar-refractivity contribution in [2.75, 3.05) is 20.2 Å². The van der Waals surface area contributed by atoms with E-state index in [0.29, 0.717) is 16.9 Å². The van der Waals surface area contributed by atoms with Gasteiger partial charge in [-0.15, -0.1) is 0 Å². The van der Waals surface area contributed by atoms with Gasteiger partial charge < -0.3 is 19.5 Å². The first-order chi connectivity index (χ1) is 11.0. The first-order valence-corrected chi connectivity index (χ1v) is 8.23. The Hall–Kier alpha value is -1.89. The third kappa shape index (κ3) is 3.10. The zero-order valence-electron chi connectivity index (χ0n) is 13.3. The minimum atomic E-state index is -0.468. The molecule has 3 atom stereocenters. The minimum Gasteiger partial charge on any atom is -0.467 e. The average molecular weight is 335 g/mol. The van der Waals surface area contributed by atoms with Crippen LogP contribution in [-0.4, -0.2) is 46.8 Å². The van der Waals surface area contributed by atoms with Gasteiger partial charge in [-0.3, -0.25) is 4.79 Å². The molecule has 0 saturated carbocycles. The molecule has 1 N–H and O–H groups in total. The SMILES string of the molecule is COC(=O)[C@H](C)NC(=S)N1C[C@H]2C[C@H](C1)c1cccc(=O)n1C2. The predicted octanol–water partition coefficient (Wildman–Crippen LogP) is 0.703. The van der Waals surface area contributed by atoms with Crippen molar-refractivity contribution in [2.45, 2.75) is 31.8 Å². The highest BCUT2D eigenvalue weighted by Crippen LogP contribution is 2.34. The Morgan fingerprint density at radius 1 is 1.39 bits per heavy atom. The van der Waals surface area contributed by atoms with E-state index in [0.717, 1.165) is 31.7 Å². The summed E-state index contributed by atoms with van der Waals surface area (Å²) in [5.41, 5.74) is 1.16. The molecule has 6 nitrogen and oxygen atoms in total. The maximum Gasteiger partial charge on any atom is 0.328 e. The Bertz CT molecular complexity index is 687. The smallest absolute Gasteiger partial charge is 0.328 e. The fourth-order valence-electron chi connectivity index (χ4n) is 3.57. The molecular formula is C16H21N3O3S. The van der Waals surface area contributed by atoms with E-state index < -0.39 is 6.04 Å². The van der Waals surface area contributed by atoms with Crippen LogP contribution >= 0.6 is 12.2 Å².